The number of hydrogen-bond donors (Lipinski definition) is 0. The standard InChI is InChI=1S/C23H26ClN5O5S/c1-2-33-13-14-34-22-21(17-26-29(23(22)30)19-6-3-5-18(24)15-19)27-9-11-28(12-10-27)35(31,32)20-7-4-8-25-16-20/h3-8,15-17H,2,9-14H2,1H3. The Hall–Kier alpha value is -2.99. The molecule has 0 radical (unpaired) electrons. The van der Waals surface area contributed by atoms with Crippen LogP contribution in [0.1, 0.15) is 6.92 Å². The number of benzene rings is 1. The SMILES string of the molecule is CCOCCOc1c(N2CCN(S(=O)(=O)c3cccnc3)CC2)cnn(-c2cccc(Cl)c2)c1=O. The Morgan fingerprint density at radius 3 is 2.54 bits per heavy atom. The maximum atomic E-state index is 13.4. The van der Waals surface area contributed by atoms with Crippen molar-refractivity contribution in [1.82, 2.24) is 19.1 Å². The van der Waals surface area contributed by atoms with Crippen LogP contribution in [0.3, 0.4) is 0 Å². The fraction of sp³-hybridized carbons (Fsp3) is 0.348. The zero-order chi connectivity index (χ0) is 24.8. The van der Waals surface area contributed by atoms with Crippen molar-refractivity contribution in [2.45, 2.75) is 11.8 Å². The van der Waals surface area contributed by atoms with E-state index in [0.717, 1.165) is 0 Å². The van der Waals surface area contributed by atoms with Gasteiger partial charge in [0.2, 0.25) is 15.8 Å². The summed E-state index contributed by atoms with van der Waals surface area (Å²) >= 11 is 6.10. The van der Waals surface area contributed by atoms with Crippen molar-refractivity contribution in [2.75, 3.05) is 50.9 Å². The predicted octanol–water partition coefficient (Wildman–Crippen LogP) is 2.21. The summed E-state index contributed by atoms with van der Waals surface area (Å²) in [7, 11) is -3.65. The van der Waals surface area contributed by atoms with Gasteiger partial charge in [0, 0.05) is 50.2 Å². The van der Waals surface area contributed by atoms with Crippen LogP contribution in [0.5, 0.6) is 5.75 Å². The number of piperazine rings is 1. The van der Waals surface area contributed by atoms with Crippen LogP contribution in [0, 0.1) is 0 Å². The molecule has 1 fully saturated rings. The summed E-state index contributed by atoms with van der Waals surface area (Å²) in [6.07, 6.45) is 4.43. The van der Waals surface area contributed by atoms with E-state index in [2.05, 4.69) is 10.1 Å². The van der Waals surface area contributed by atoms with Crippen LogP contribution in [-0.4, -0.2) is 73.5 Å². The first kappa shape index (κ1) is 25.1. The average Bonchev–Trinajstić information content (AvgIpc) is 2.88. The van der Waals surface area contributed by atoms with Gasteiger partial charge in [-0.3, -0.25) is 9.78 Å². The van der Waals surface area contributed by atoms with Crippen molar-refractivity contribution < 1.29 is 17.9 Å². The van der Waals surface area contributed by atoms with Gasteiger partial charge < -0.3 is 14.4 Å². The lowest BCUT2D eigenvalue weighted by Crippen LogP contribution is -2.49. The highest BCUT2D eigenvalue weighted by atomic mass is 35.5. The fourth-order valence-corrected chi connectivity index (χ4v) is 5.32. The molecule has 0 saturated carbocycles. The van der Waals surface area contributed by atoms with Gasteiger partial charge in [-0.25, -0.2) is 8.42 Å². The van der Waals surface area contributed by atoms with Crippen molar-refractivity contribution in [1.29, 1.82) is 0 Å². The topological polar surface area (TPSA) is 107 Å². The van der Waals surface area contributed by atoms with Crippen molar-refractivity contribution in [3.05, 3.63) is 70.4 Å². The van der Waals surface area contributed by atoms with Crippen LogP contribution in [-0.2, 0) is 14.8 Å². The summed E-state index contributed by atoms with van der Waals surface area (Å²) in [5.41, 5.74) is 0.575. The molecular weight excluding hydrogens is 494 g/mol. The van der Waals surface area contributed by atoms with E-state index >= 15 is 0 Å². The highest BCUT2D eigenvalue weighted by Gasteiger charge is 2.30. The van der Waals surface area contributed by atoms with Crippen molar-refractivity contribution in [2.24, 2.45) is 0 Å². The number of ether oxygens (including phenoxy) is 2. The lowest BCUT2D eigenvalue weighted by Gasteiger charge is -2.35. The van der Waals surface area contributed by atoms with Crippen LogP contribution in [0.4, 0.5) is 5.69 Å². The predicted molar refractivity (Wildman–Crippen MR) is 132 cm³/mol. The van der Waals surface area contributed by atoms with Crippen LogP contribution in [0.25, 0.3) is 5.69 Å². The minimum atomic E-state index is -3.65. The smallest absolute Gasteiger partial charge is 0.316 e. The summed E-state index contributed by atoms with van der Waals surface area (Å²) in [5, 5.41) is 4.81. The average molecular weight is 520 g/mol. The van der Waals surface area contributed by atoms with Gasteiger partial charge in [-0.2, -0.15) is 14.1 Å². The molecule has 35 heavy (non-hydrogen) atoms. The third kappa shape index (κ3) is 5.64. The second kappa shape index (κ2) is 11.2. The summed E-state index contributed by atoms with van der Waals surface area (Å²) in [6.45, 7) is 4.14. The molecule has 1 aliphatic heterocycles. The minimum Gasteiger partial charge on any atom is -0.484 e. The first-order chi connectivity index (χ1) is 16.9. The molecule has 0 N–H and O–H groups in total. The largest absolute Gasteiger partial charge is 0.484 e. The van der Waals surface area contributed by atoms with Crippen molar-refractivity contribution in [3.8, 4) is 11.4 Å². The maximum Gasteiger partial charge on any atom is 0.316 e. The lowest BCUT2D eigenvalue weighted by molar-refractivity contribution is 0.109. The van der Waals surface area contributed by atoms with E-state index in [0.29, 0.717) is 42.7 Å². The summed E-state index contributed by atoms with van der Waals surface area (Å²) in [6, 6.07) is 9.93. The van der Waals surface area contributed by atoms with Gasteiger partial charge in [-0.15, -0.1) is 0 Å². The van der Waals surface area contributed by atoms with Crippen LogP contribution < -0.4 is 15.2 Å². The molecule has 1 aliphatic rings. The summed E-state index contributed by atoms with van der Waals surface area (Å²) in [5.74, 6) is 0.128. The molecule has 3 heterocycles. The third-order valence-electron chi connectivity index (χ3n) is 5.50. The first-order valence-corrected chi connectivity index (χ1v) is 13.0. The second-order valence-electron chi connectivity index (χ2n) is 7.68. The van der Waals surface area contributed by atoms with Crippen LogP contribution in [0.2, 0.25) is 5.02 Å². The highest BCUT2D eigenvalue weighted by molar-refractivity contribution is 7.89. The van der Waals surface area contributed by atoms with Crippen LogP contribution in [0.15, 0.2) is 64.7 Å². The Morgan fingerprint density at radius 1 is 1.06 bits per heavy atom. The molecule has 0 amide bonds. The number of anilines is 1. The zero-order valence-electron chi connectivity index (χ0n) is 19.2. The van der Waals surface area contributed by atoms with Crippen LogP contribution >= 0.6 is 11.6 Å². The Bertz CT molecular complexity index is 1310. The Morgan fingerprint density at radius 2 is 1.86 bits per heavy atom. The van der Waals surface area contributed by atoms with Gasteiger partial charge in [0.25, 0.3) is 0 Å². The minimum absolute atomic E-state index is 0.128. The number of pyridine rings is 1. The molecule has 0 aliphatic carbocycles. The lowest BCUT2D eigenvalue weighted by atomic mass is 10.3. The molecule has 12 heteroatoms. The maximum absolute atomic E-state index is 13.4. The number of aromatic nitrogens is 3. The molecule has 186 valence electrons. The van der Waals surface area contributed by atoms with E-state index in [9.17, 15) is 13.2 Å². The monoisotopic (exact) mass is 519 g/mol. The zero-order valence-corrected chi connectivity index (χ0v) is 20.8. The molecule has 0 atom stereocenters. The number of halogens is 1. The van der Waals surface area contributed by atoms with Gasteiger partial charge in [0.05, 0.1) is 18.5 Å². The molecular formula is C23H26ClN5O5S. The van der Waals surface area contributed by atoms with E-state index in [1.165, 1.54) is 27.4 Å². The first-order valence-electron chi connectivity index (χ1n) is 11.2. The molecule has 0 spiro atoms. The molecule has 1 saturated heterocycles. The third-order valence-corrected chi connectivity index (χ3v) is 7.61. The molecule has 4 rings (SSSR count). The van der Waals surface area contributed by atoms with Gasteiger partial charge in [0.1, 0.15) is 17.2 Å². The van der Waals surface area contributed by atoms with Gasteiger partial charge >= 0.3 is 5.56 Å². The molecule has 3 aromatic rings. The molecule has 1 aromatic carbocycles. The van der Waals surface area contributed by atoms with Crippen molar-refractivity contribution in [3.63, 3.8) is 0 Å². The number of hydrogen-bond acceptors (Lipinski definition) is 8. The molecule has 0 bridgehead atoms. The van der Waals surface area contributed by atoms with E-state index < -0.39 is 15.6 Å². The Balaban J connectivity index is 1.59. The second-order valence-corrected chi connectivity index (χ2v) is 10.1. The highest BCUT2D eigenvalue weighted by Crippen LogP contribution is 2.27. The summed E-state index contributed by atoms with van der Waals surface area (Å²) in [4.78, 5) is 19.3. The number of sulfonamides is 1. The quantitative estimate of drug-likeness (QED) is 0.396. The van der Waals surface area contributed by atoms with E-state index in [1.54, 1.807) is 36.5 Å². The molecule has 2 aromatic heterocycles. The van der Waals surface area contributed by atoms with Gasteiger partial charge in [0.15, 0.2) is 0 Å². The van der Waals surface area contributed by atoms with Gasteiger partial charge in [-0.05, 0) is 37.3 Å². The molecule has 0 unspecified atom stereocenters. The normalized spacial score (nSPS) is 14.7. The van der Waals surface area contributed by atoms with E-state index in [-0.39, 0.29) is 30.3 Å². The number of nitrogens with zero attached hydrogens (tertiary/aromatic N) is 5. The van der Waals surface area contributed by atoms with Gasteiger partial charge in [-0.1, -0.05) is 17.7 Å². The van der Waals surface area contributed by atoms with E-state index in [4.69, 9.17) is 21.1 Å². The van der Waals surface area contributed by atoms with Crippen molar-refractivity contribution >= 4 is 27.3 Å². The summed E-state index contributed by atoms with van der Waals surface area (Å²) < 4.78 is 39.7. The molecule has 10 nitrogen and oxygen atoms in total. The Kier molecular flexibility index (Phi) is 8.01. The fourth-order valence-electron chi connectivity index (χ4n) is 3.75. The van der Waals surface area contributed by atoms with E-state index in [1.807, 2.05) is 11.8 Å². The number of rotatable bonds is 9. The Labute approximate surface area is 208 Å².